The highest BCUT2D eigenvalue weighted by Crippen LogP contribution is 2.37. The Labute approximate surface area is 150 Å². The number of rotatable bonds is 3. The zero-order valence-corrected chi connectivity index (χ0v) is 15.0. The van der Waals surface area contributed by atoms with Gasteiger partial charge in [-0.2, -0.15) is 0 Å². The summed E-state index contributed by atoms with van der Waals surface area (Å²) in [6, 6.07) is 8.26. The number of ether oxygens (including phenoxy) is 1. The van der Waals surface area contributed by atoms with E-state index in [0.29, 0.717) is 49.2 Å². The fraction of sp³-hybridized carbons (Fsp3) is 0.125. The first kappa shape index (κ1) is 16.3. The van der Waals surface area contributed by atoms with Crippen LogP contribution in [0.15, 0.2) is 39.2 Å². The lowest BCUT2D eigenvalue weighted by molar-refractivity contribution is 0.0526. The van der Waals surface area contributed by atoms with Crippen LogP contribution in [0.1, 0.15) is 17.3 Å². The second-order valence-corrected chi connectivity index (χ2v) is 6.31. The van der Waals surface area contributed by atoms with Crippen molar-refractivity contribution >= 4 is 56.2 Å². The molecule has 0 saturated heterocycles. The van der Waals surface area contributed by atoms with Crippen LogP contribution in [0.2, 0.25) is 10.0 Å². The van der Waals surface area contributed by atoms with E-state index in [4.69, 9.17) is 32.4 Å². The van der Waals surface area contributed by atoms with Gasteiger partial charge in [-0.3, -0.25) is 0 Å². The lowest BCUT2D eigenvalue weighted by Gasteiger charge is -2.02. The third kappa shape index (κ3) is 3.22. The quantitative estimate of drug-likeness (QED) is 0.405. The molecule has 0 saturated carbocycles. The minimum absolute atomic E-state index is 0.314. The van der Waals surface area contributed by atoms with E-state index in [1.807, 2.05) is 0 Å². The van der Waals surface area contributed by atoms with Crippen LogP contribution >= 0.6 is 39.1 Å². The van der Waals surface area contributed by atoms with Crippen molar-refractivity contribution in [2.45, 2.75) is 6.92 Å². The molecular weight excluding hydrogens is 405 g/mol. The van der Waals surface area contributed by atoms with Crippen LogP contribution in [-0.2, 0) is 4.74 Å². The molecule has 23 heavy (non-hydrogen) atoms. The van der Waals surface area contributed by atoms with Gasteiger partial charge in [-0.05, 0) is 53.2 Å². The number of hydrogen-bond donors (Lipinski definition) is 0. The largest absolute Gasteiger partial charge is 0.462 e. The third-order valence-electron chi connectivity index (χ3n) is 3.12. The van der Waals surface area contributed by atoms with Gasteiger partial charge in [0.2, 0.25) is 5.89 Å². The van der Waals surface area contributed by atoms with E-state index in [1.165, 1.54) is 0 Å². The molecule has 0 aliphatic carbocycles. The maximum Gasteiger partial charge on any atom is 0.338 e. The van der Waals surface area contributed by atoms with Crippen molar-refractivity contribution in [2.75, 3.05) is 6.61 Å². The zero-order chi connectivity index (χ0) is 16.6. The molecule has 0 aliphatic heterocycles. The van der Waals surface area contributed by atoms with Gasteiger partial charge >= 0.3 is 5.97 Å². The predicted molar refractivity (Wildman–Crippen MR) is 93.1 cm³/mol. The highest BCUT2D eigenvalue weighted by Gasteiger charge is 2.16. The molecule has 3 aromatic rings. The lowest BCUT2D eigenvalue weighted by Crippen LogP contribution is -2.03. The normalized spacial score (nSPS) is 11.0. The monoisotopic (exact) mass is 413 g/mol. The van der Waals surface area contributed by atoms with Crippen LogP contribution in [0.3, 0.4) is 0 Å². The number of oxazole rings is 1. The van der Waals surface area contributed by atoms with Crippen molar-refractivity contribution in [2.24, 2.45) is 0 Å². The number of benzene rings is 2. The van der Waals surface area contributed by atoms with Gasteiger partial charge in [-0.25, -0.2) is 9.78 Å². The Hall–Kier alpha value is -1.56. The number of carbonyl (C=O) groups excluding carboxylic acids is 1. The van der Waals surface area contributed by atoms with Gasteiger partial charge in [-0.15, -0.1) is 0 Å². The first-order valence-electron chi connectivity index (χ1n) is 6.72. The summed E-state index contributed by atoms with van der Waals surface area (Å²) in [7, 11) is 0. The van der Waals surface area contributed by atoms with Gasteiger partial charge < -0.3 is 9.15 Å². The molecular formula is C16H10BrCl2NO3. The molecule has 1 heterocycles. The van der Waals surface area contributed by atoms with Crippen LogP contribution < -0.4 is 0 Å². The maximum atomic E-state index is 11.8. The second-order valence-electron chi connectivity index (χ2n) is 4.67. The highest BCUT2D eigenvalue weighted by atomic mass is 79.9. The topological polar surface area (TPSA) is 52.3 Å². The van der Waals surface area contributed by atoms with E-state index in [2.05, 4.69) is 20.9 Å². The molecule has 0 atom stereocenters. The minimum Gasteiger partial charge on any atom is -0.462 e. The summed E-state index contributed by atoms with van der Waals surface area (Å²) < 4.78 is 11.3. The minimum atomic E-state index is -0.397. The van der Waals surface area contributed by atoms with E-state index < -0.39 is 5.97 Å². The van der Waals surface area contributed by atoms with E-state index >= 15 is 0 Å². The Morgan fingerprint density at radius 2 is 2.09 bits per heavy atom. The van der Waals surface area contributed by atoms with Crippen molar-refractivity contribution in [1.29, 1.82) is 0 Å². The van der Waals surface area contributed by atoms with Gasteiger partial charge in [0.15, 0.2) is 5.58 Å². The number of esters is 1. The van der Waals surface area contributed by atoms with Gasteiger partial charge in [0.05, 0.1) is 22.8 Å². The van der Waals surface area contributed by atoms with Gasteiger partial charge in [0, 0.05) is 9.50 Å². The summed E-state index contributed by atoms with van der Waals surface area (Å²) in [5, 5.41) is 0.935. The van der Waals surface area contributed by atoms with Crippen molar-refractivity contribution < 1.29 is 13.9 Å². The molecule has 0 fully saturated rings. The molecule has 3 rings (SSSR count). The van der Waals surface area contributed by atoms with Crippen LogP contribution in [0.5, 0.6) is 0 Å². The van der Waals surface area contributed by atoms with Crippen LogP contribution in [0, 0.1) is 0 Å². The smallest absolute Gasteiger partial charge is 0.338 e. The number of fused-ring (bicyclic) bond motifs is 1. The summed E-state index contributed by atoms with van der Waals surface area (Å²) in [6.45, 7) is 2.07. The first-order chi connectivity index (χ1) is 11.0. The highest BCUT2D eigenvalue weighted by molar-refractivity contribution is 9.10. The fourth-order valence-corrected chi connectivity index (χ4v) is 2.99. The van der Waals surface area contributed by atoms with E-state index in [1.54, 1.807) is 37.3 Å². The number of nitrogens with zero attached hydrogens (tertiary/aromatic N) is 1. The van der Waals surface area contributed by atoms with Gasteiger partial charge in [0.25, 0.3) is 0 Å². The molecule has 0 N–H and O–H groups in total. The summed E-state index contributed by atoms with van der Waals surface area (Å²) in [6.07, 6.45) is 0. The Morgan fingerprint density at radius 1 is 1.30 bits per heavy atom. The van der Waals surface area contributed by atoms with Crippen LogP contribution in [0.25, 0.3) is 22.6 Å². The number of carbonyl (C=O) groups is 1. The molecule has 0 spiro atoms. The van der Waals surface area contributed by atoms with Crippen molar-refractivity contribution in [3.05, 3.63) is 50.4 Å². The predicted octanol–water partition coefficient (Wildman–Crippen LogP) is 5.74. The van der Waals surface area contributed by atoms with Crippen molar-refractivity contribution in [3.8, 4) is 11.5 Å². The maximum absolute atomic E-state index is 11.8. The van der Waals surface area contributed by atoms with Crippen molar-refractivity contribution in [1.82, 2.24) is 4.98 Å². The molecule has 4 nitrogen and oxygen atoms in total. The number of aromatic nitrogens is 1. The Kier molecular flexibility index (Phi) is 4.62. The molecule has 7 heteroatoms. The lowest BCUT2D eigenvalue weighted by atomic mass is 10.2. The van der Waals surface area contributed by atoms with E-state index in [0.717, 1.165) is 0 Å². The Bertz CT molecular complexity index is 908. The molecule has 1 aromatic heterocycles. The molecule has 0 amide bonds. The summed E-state index contributed by atoms with van der Waals surface area (Å²) in [5.41, 5.74) is 2.16. The molecule has 0 unspecified atom stereocenters. The third-order valence-corrected chi connectivity index (χ3v) is 4.72. The zero-order valence-electron chi connectivity index (χ0n) is 11.9. The van der Waals surface area contributed by atoms with E-state index in [-0.39, 0.29) is 0 Å². The molecule has 0 radical (unpaired) electrons. The van der Waals surface area contributed by atoms with Gasteiger partial charge in [0.1, 0.15) is 5.52 Å². The average Bonchev–Trinajstić information content (AvgIpc) is 2.93. The molecule has 0 aliphatic rings. The fourth-order valence-electron chi connectivity index (χ4n) is 2.10. The van der Waals surface area contributed by atoms with E-state index in [9.17, 15) is 4.79 Å². The number of halogens is 3. The van der Waals surface area contributed by atoms with Crippen LogP contribution in [0.4, 0.5) is 0 Å². The average molecular weight is 415 g/mol. The summed E-state index contributed by atoms with van der Waals surface area (Å²) >= 11 is 15.5. The molecule has 0 bridgehead atoms. The Morgan fingerprint density at radius 3 is 2.83 bits per heavy atom. The second kappa shape index (κ2) is 6.51. The van der Waals surface area contributed by atoms with Crippen LogP contribution in [-0.4, -0.2) is 17.6 Å². The standard InChI is InChI=1S/C16H10BrCl2NO3/c1-2-22-16(21)8-3-4-13-12(5-8)20-15(23-13)10-6-9(18)7-11(19)14(10)17/h3-7H,2H2,1H3. The first-order valence-corrected chi connectivity index (χ1v) is 8.27. The van der Waals surface area contributed by atoms with Gasteiger partial charge in [-0.1, -0.05) is 23.2 Å². The Balaban J connectivity index is 2.09. The molecule has 2 aromatic carbocycles. The number of hydrogen-bond acceptors (Lipinski definition) is 4. The molecule has 118 valence electrons. The van der Waals surface area contributed by atoms with Crippen molar-refractivity contribution in [3.63, 3.8) is 0 Å². The summed E-state index contributed by atoms with van der Waals surface area (Å²) in [4.78, 5) is 16.2. The SMILES string of the molecule is CCOC(=O)c1ccc2oc(-c3cc(Cl)cc(Cl)c3Br)nc2c1. The summed E-state index contributed by atoms with van der Waals surface area (Å²) in [5.74, 6) is -0.0387.